The number of hydrogen-bond acceptors (Lipinski definition) is 1. The van der Waals surface area contributed by atoms with Gasteiger partial charge in [0.25, 0.3) is 0 Å². The molecule has 1 aliphatic carbocycles. The topological polar surface area (TPSA) is 12.9 Å². The predicted molar refractivity (Wildman–Crippen MR) is 147 cm³/mol. The van der Waals surface area contributed by atoms with Crippen LogP contribution in [-0.2, 0) is 5.41 Å². The van der Waals surface area contributed by atoms with E-state index in [1.54, 1.807) is 4.90 Å². The molecule has 0 atom stereocenters. The third kappa shape index (κ3) is 2.00. The zero-order chi connectivity index (χ0) is 23.0. The highest BCUT2D eigenvalue weighted by Crippen LogP contribution is 2.69. The van der Waals surface area contributed by atoms with E-state index in [0.29, 0.717) is 0 Å². The zero-order valence-corrected chi connectivity index (χ0v) is 20.7. The summed E-state index contributed by atoms with van der Waals surface area (Å²) in [6, 6.07) is 27.7. The van der Waals surface area contributed by atoms with Crippen LogP contribution in [0, 0.1) is 0 Å². The predicted octanol–water partition coefficient (Wildman–Crippen LogP) is 8.75. The van der Waals surface area contributed by atoms with Crippen LogP contribution < -0.4 is 0 Å². The molecule has 2 heterocycles. The molecule has 2 heteroatoms. The third-order valence-electron chi connectivity index (χ3n) is 8.40. The minimum atomic E-state index is -1.08. The van der Waals surface area contributed by atoms with Gasteiger partial charge in [-0.05, 0) is 91.3 Å². The van der Waals surface area contributed by atoms with Gasteiger partial charge in [0.15, 0.2) is 0 Å². The van der Waals surface area contributed by atoms with E-state index >= 15 is 0 Å². The SMILES string of the molecule is CC1(C)c2ncccc2-c2cc3ccc4c5c(cc6ccc(c21)c3c64)-c1ccccc1S5(C)C. The molecule has 164 valence electrons. The van der Waals surface area contributed by atoms with Crippen molar-refractivity contribution in [3.8, 4) is 22.3 Å². The van der Waals surface area contributed by atoms with Crippen LogP contribution in [0.4, 0.5) is 0 Å². The van der Waals surface area contributed by atoms with Crippen LogP contribution in [0.1, 0.15) is 25.1 Å². The number of pyridine rings is 1. The van der Waals surface area contributed by atoms with Crippen molar-refractivity contribution in [3.63, 3.8) is 0 Å². The molecule has 1 aliphatic heterocycles. The second-order valence-corrected chi connectivity index (χ2v) is 14.3. The number of fused-ring (bicyclic) bond motifs is 8. The van der Waals surface area contributed by atoms with Gasteiger partial charge in [-0.1, -0.05) is 62.4 Å². The Kier molecular flexibility index (Phi) is 3.25. The van der Waals surface area contributed by atoms with E-state index in [2.05, 4.69) is 99.2 Å². The van der Waals surface area contributed by atoms with Crippen molar-refractivity contribution in [1.82, 2.24) is 4.98 Å². The standard InChI is InChI=1S/C32H25NS/c1-32(2)29-22-13-11-19-17-25-20-8-5-6-10-26(20)34(3,4)30(25)23-14-12-18(27(22)28(19)23)16-24(29)21-9-7-15-33-31(21)32/h5-17H,1-4H3. The van der Waals surface area contributed by atoms with E-state index in [4.69, 9.17) is 4.98 Å². The molecule has 2 aliphatic rings. The molecule has 0 bridgehead atoms. The van der Waals surface area contributed by atoms with E-state index in [1.165, 1.54) is 70.7 Å². The van der Waals surface area contributed by atoms with Gasteiger partial charge < -0.3 is 0 Å². The summed E-state index contributed by atoms with van der Waals surface area (Å²) >= 11 is 0. The summed E-state index contributed by atoms with van der Waals surface area (Å²) in [5.41, 5.74) is 8.00. The molecule has 0 radical (unpaired) electrons. The van der Waals surface area contributed by atoms with Gasteiger partial charge in [0.05, 0.1) is 5.69 Å². The summed E-state index contributed by atoms with van der Waals surface area (Å²) in [6.07, 6.45) is 6.88. The van der Waals surface area contributed by atoms with Crippen LogP contribution in [0.5, 0.6) is 0 Å². The van der Waals surface area contributed by atoms with Crippen molar-refractivity contribution in [2.45, 2.75) is 29.1 Å². The van der Waals surface area contributed by atoms with Crippen molar-refractivity contribution < 1.29 is 0 Å². The molecule has 0 saturated heterocycles. The van der Waals surface area contributed by atoms with Crippen LogP contribution in [0.3, 0.4) is 0 Å². The van der Waals surface area contributed by atoms with Crippen LogP contribution >= 0.6 is 10.0 Å². The highest BCUT2D eigenvalue weighted by Gasteiger charge is 2.39. The molecule has 5 aromatic carbocycles. The summed E-state index contributed by atoms with van der Waals surface area (Å²) in [7, 11) is -1.08. The molecular formula is C32H25NS. The summed E-state index contributed by atoms with van der Waals surface area (Å²) in [4.78, 5) is 7.91. The molecular weight excluding hydrogens is 430 g/mol. The molecule has 0 saturated carbocycles. The molecule has 0 amide bonds. The second-order valence-electron chi connectivity index (χ2n) is 10.8. The van der Waals surface area contributed by atoms with Gasteiger partial charge in [0.2, 0.25) is 0 Å². The monoisotopic (exact) mass is 455 g/mol. The third-order valence-corrected chi connectivity index (χ3v) is 11.3. The van der Waals surface area contributed by atoms with E-state index in [0.717, 1.165) is 0 Å². The maximum Gasteiger partial charge on any atom is 0.0582 e. The maximum atomic E-state index is 4.84. The Bertz CT molecular complexity index is 1720. The molecule has 6 aromatic rings. The first-order chi connectivity index (χ1) is 16.4. The molecule has 0 fully saturated rings. The number of rotatable bonds is 0. The summed E-state index contributed by atoms with van der Waals surface area (Å²) in [6.45, 7) is 4.67. The minimum Gasteiger partial charge on any atom is -0.260 e. The Morgan fingerprint density at radius 3 is 2.18 bits per heavy atom. The van der Waals surface area contributed by atoms with Gasteiger partial charge in [-0.25, -0.2) is 0 Å². The molecule has 1 nitrogen and oxygen atoms in total. The minimum absolute atomic E-state index is 0.114. The number of aromatic nitrogens is 1. The van der Waals surface area contributed by atoms with Crippen molar-refractivity contribution in [2.75, 3.05) is 12.5 Å². The lowest BCUT2D eigenvalue weighted by molar-refractivity contribution is 0.642. The smallest absolute Gasteiger partial charge is 0.0582 e. The number of nitrogens with zero attached hydrogens (tertiary/aromatic N) is 1. The Morgan fingerprint density at radius 1 is 0.676 bits per heavy atom. The van der Waals surface area contributed by atoms with E-state index in [9.17, 15) is 0 Å². The maximum absolute atomic E-state index is 4.84. The molecule has 34 heavy (non-hydrogen) atoms. The van der Waals surface area contributed by atoms with Crippen LogP contribution in [0.25, 0.3) is 54.6 Å². The van der Waals surface area contributed by atoms with Gasteiger partial charge in [0.1, 0.15) is 0 Å². The molecule has 8 rings (SSSR count). The zero-order valence-electron chi connectivity index (χ0n) is 19.9. The lowest BCUT2D eigenvalue weighted by atomic mass is 9.80. The van der Waals surface area contributed by atoms with Crippen molar-refractivity contribution >= 4 is 42.3 Å². The highest BCUT2D eigenvalue weighted by molar-refractivity contribution is 8.33. The van der Waals surface area contributed by atoms with Gasteiger partial charge >= 0.3 is 0 Å². The Morgan fingerprint density at radius 2 is 1.35 bits per heavy atom. The van der Waals surface area contributed by atoms with Crippen molar-refractivity contribution in [3.05, 3.63) is 90.3 Å². The van der Waals surface area contributed by atoms with Gasteiger partial charge in [-0.2, -0.15) is 10.0 Å². The van der Waals surface area contributed by atoms with Gasteiger partial charge in [-0.3, -0.25) is 4.98 Å². The first kappa shape index (κ1) is 19.0. The largest absolute Gasteiger partial charge is 0.260 e. The molecule has 1 aromatic heterocycles. The summed E-state index contributed by atoms with van der Waals surface area (Å²) in [5.74, 6) is 0. The average molecular weight is 456 g/mol. The molecule has 0 N–H and O–H groups in total. The van der Waals surface area contributed by atoms with E-state index in [1.807, 2.05) is 6.20 Å². The van der Waals surface area contributed by atoms with E-state index in [-0.39, 0.29) is 5.41 Å². The Balaban J connectivity index is 1.57. The fraction of sp³-hybridized carbons (Fsp3) is 0.156. The van der Waals surface area contributed by atoms with Gasteiger partial charge in [0, 0.05) is 27.0 Å². The first-order valence-electron chi connectivity index (χ1n) is 12.0. The van der Waals surface area contributed by atoms with Crippen molar-refractivity contribution in [2.24, 2.45) is 0 Å². The quantitative estimate of drug-likeness (QED) is 0.209. The summed E-state index contributed by atoms with van der Waals surface area (Å²) < 4.78 is 0. The van der Waals surface area contributed by atoms with Crippen LogP contribution in [-0.4, -0.2) is 17.5 Å². The Labute approximate surface area is 201 Å². The normalized spacial score (nSPS) is 17.6. The fourth-order valence-electron chi connectivity index (χ4n) is 7.04. The second kappa shape index (κ2) is 5.82. The van der Waals surface area contributed by atoms with Crippen molar-refractivity contribution in [1.29, 1.82) is 0 Å². The fourth-order valence-corrected chi connectivity index (χ4v) is 9.85. The summed E-state index contributed by atoms with van der Waals surface area (Å²) in [5, 5.41) is 8.37. The first-order valence-corrected chi connectivity index (χ1v) is 14.4. The number of hydrogen-bond donors (Lipinski definition) is 0. The van der Waals surface area contributed by atoms with Gasteiger partial charge in [-0.15, -0.1) is 0 Å². The lowest BCUT2D eigenvalue weighted by Gasteiger charge is -2.30. The average Bonchev–Trinajstić information content (AvgIpc) is 3.22. The van der Waals surface area contributed by atoms with Crippen LogP contribution in [0.15, 0.2) is 88.8 Å². The highest BCUT2D eigenvalue weighted by atomic mass is 32.3. The lowest BCUT2D eigenvalue weighted by Crippen LogP contribution is -2.17. The van der Waals surface area contributed by atoms with E-state index < -0.39 is 10.0 Å². The Hall–Kier alpha value is -3.36. The molecule has 0 unspecified atom stereocenters. The molecule has 0 spiro atoms. The number of benzene rings is 5. The van der Waals surface area contributed by atoms with Crippen LogP contribution in [0.2, 0.25) is 0 Å².